The third-order valence-electron chi connectivity index (χ3n) is 4.30. The van der Waals surface area contributed by atoms with E-state index in [-0.39, 0.29) is 0 Å². The van der Waals surface area contributed by atoms with Crippen molar-refractivity contribution >= 4 is 16.9 Å². The molecule has 1 unspecified atom stereocenters. The Morgan fingerprint density at radius 3 is 2.61 bits per heavy atom. The standard InChI is InChI=1S/C14H27N3S/c1-4-11(5-2)13-10-15-14(18-13)16-12-6-8-17(3)9-7-12/h11-13H,4-10H2,1-3H3,(H,15,16). The van der Waals surface area contributed by atoms with E-state index in [1.165, 1.54) is 43.9 Å². The fourth-order valence-corrected chi connectivity index (χ4v) is 4.25. The van der Waals surface area contributed by atoms with E-state index < -0.39 is 0 Å². The van der Waals surface area contributed by atoms with Gasteiger partial charge in [0.15, 0.2) is 5.17 Å². The van der Waals surface area contributed by atoms with Gasteiger partial charge in [-0.15, -0.1) is 0 Å². The highest BCUT2D eigenvalue weighted by molar-refractivity contribution is 8.14. The molecule has 0 aromatic heterocycles. The van der Waals surface area contributed by atoms with E-state index in [0.717, 1.165) is 12.5 Å². The van der Waals surface area contributed by atoms with Crippen molar-refractivity contribution in [2.45, 2.75) is 50.8 Å². The number of nitrogens with zero attached hydrogens (tertiary/aromatic N) is 2. The molecule has 0 aliphatic carbocycles. The van der Waals surface area contributed by atoms with E-state index in [2.05, 4.69) is 31.1 Å². The summed E-state index contributed by atoms with van der Waals surface area (Å²) in [5, 5.41) is 5.58. The average Bonchev–Trinajstić information content (AvgIpc) is 2.82. The lowest BCUT2D eigenvalue weighted by molar-refractivity contribution is 0.247. The zero-order valence-electron chi connectivity index (χ0n) is 12.0. The number of likely N-dealkylation sites (tertiary alicyclic amines) is 1. The van der Waals surface area contributed by atoms with E-state index in [0.29, 0.717) is 11.3 Å². The molecule has 2 aliphatic rings. The lowest BCUT2D eigenvalue weighted by Crippen LogP contribution is -2.42. The van der Waals surface area contributed by atoms with E-state index in [1.807, 2.05) is 11.8 Å². The fraction of sp³-hybridized carbons (Fsp3) is 0.929. The minimum absolute atomic E-state index is 0.646. The first-order chi connectivity index (χ1) is 8.72. The number of nitrogens with one attached hydrogen (secondary N) is 1. The highest BCUT2D eigenvalue weighted by Crippen LogP contribution is 2.30. The molecule has 2 rings (SSSR count). The number of hydrogen-bond acceptors (Lipinski definition) is 4. The summed E-state index contributed by atoms with van der Waals surface area (Å²) in [6.07, 6.45) is 5.08. The number of thioether (sulfide) groups is 1. The Morgan fingerprint density at radius 2 is 2.00 bits per heavy atom. The molecule has 3 nitrogen and oxygen atoms in total. The van der Waals surface area contributed by atoms with Gasteiger partial charge in [0.05, 0.1) is 6.54 Å². The Bertz CT molecular complexity index is 281. The minimum Gasteiger partial charge on any atom is -0.362 e. The van der Waals surface area contributed by atoms with Crippen LogP contribution in [-0.2, 0) is 0 Å². The van der Waals surface area contributed by atoms with E-state index in [4.69, 9.17) is 4.99 Å². The quantitative estimate of drug-likeness (QED) is 0.850. The molecule has 0 radical (unpaired) electrons. The van der Waals surface area contributed by atoms with Gasteiger partial charge in [0.2, 0.25) is 0 Å². The second kappa shape index (κ2) is 6.80. The third kappa shape index (κ3) is 3.64. The van der Waals surface area contributed by atoms with Crippen molar-refractivity contribution in [3.63, 3.8) is 0 Å². The van der Waals surface area contributed by atoms with E-state index >= 15 is 0 Å². The summed E-state index contributed by atoms with van der Waals surface area (Å²) in [6, 6.07) is 0.646. The van der Waals surface area contributed by atoms with Crippen molar-refractivity contribution in [2.24, 2.45) is 10.9 Å². The molecule has 0 aromatic carbocycles. The monoisotopic (exact) mass is 269 g/mol. The lowest BCUT2D eigenvalue weighted by Gasteiger charge is -2.30. The molecule has 0 aromatic rings. The van der Waals surface area contributed by atoms with Crippen LogP contribution in [0.1, 0.15) is 39.5 Å². The van der Waals surface area contributed by atoms with Crippen LogP contribution in [0.15, 0.2) is 4.99 Å². The molecule has 1 saturated heterocycles. The molecular formula is C14H27N3S. The van der Waals surface area contributed by atoms with Gasteiger partial charge in [-0.3, -0.25) is 4.99 Å². The topological polar surface area (TPSA) is 27.6 Å². The highest BCUT2D eigenvalue weighted by atomic mass is 32.2. The van der Waals surface area contributed by atoms with Crippen molar-refractivity contribution in [2.75, 3.05) is 26.7 Å². The zero-order chi connectivity index (χ0) is 13.0. The summed E-state index contributed by atoms with van der Waals surface area (Å²) in [7, 11) is 2.21. The van der Waals surface area contributed by atoms with E-state index in [1.54, 1.807) is 0 Å². The predicted octanol–water partition coefficient (Wildman–Crippen LogP) is 2.58. The third-order valence-corrected chi connectivity index (χ3v) is 5.61. The van der Waals surface area contributed by atoms with Crippen molar-refractivity contribution in [3.8, 4) is 0 Å². The van der Waals surface area contributed by atoms with Crippen LogP contribution in [0.25, 0.3) is 0 Å². The molecule has 104 valence electrons. The molecule has 2 aliphatic heterocycles. The molecule has 1 N–H and O–H groups in total. The first kappa shape index (κ1) is 14.2. The molecule has 18 heavy (non-hydrogen) atoms. The normalized spacial score (nSPS) is 26.7. The molecule has 1 fully saturated rings. The van der Waals surface area contributed by atoms with Crippen molar-refractivity contribution < 1.29 is 0 Å². The van der Waals surface area contributed by atoms with Gasteiger partial charge in [-0.05, 0) is 38.9 Å². The van der Waals surface area contributed by atoms with Crippen LogP contribution in [0.4, 0.5) is 0 Å². The minimum atomic E-state index is 0.646. The summed E-state index contributed by atoms with van der Waals surface area (Å²) in [5.41, 5.74) is 0. The first-order valence-corrected chi connectivity index (χ1v) is 8.27. The van der Waals surface area contributed by atoms with Gasteiger partial charge in [0.1, 0.15) is 0 Å². The Kier molecular flexibility index (Phi) is 5.37. The molecule has 0 saturated carbocycles. The molecule has 0 spiro atoms. The number of hydrogen-bond donors (Lipinski definition) is 1. The summed E-state index contributed by atoms with van der Waals surface area (Å²) < 4.78 is 0. The Labute approximate surface area is 116 Å². The van der Waals surface area contributed by atoms with Crippen LogP contribution >= 0.6 is 11.8 Å². The summed E-state index contributed by atoms with van der Waals surface area (Å²) >= 11 is 1.99. The van der Waals surface area contributed by atoms with Crippen molar-refractivity contribution in [1.29, 1.82) is 0 Å². The van der Waals surface area contributed by atoms with Gasteiger partial charge in [0.25, 0.3) is 0 Å². The molecule has 0 bridgehead atoms. The lowest BCUT2D eigenvalue weighted by atomic mass is 9.99. The van der Waals surface area contributed by atoms with Gasteiger partial charge in [-0.1, -0.05) is 38.5 Å². The highest BCUT2D eigenvalue weighted by Gasteiger charge is 2.27. The molecular weight excluding hydrogens is 242 g/mol. The second-order valence-corrected chi connectivity index (χ2v) is 6.83. The molecule has 0 amide bonds. The van der Waals surface area contributed by atoms with Crippen LogP contribution < -0.4 is 5.32 Å². The fourth-order valence-electron chi connectivity index (χ4n) is 2.86. The molecule has 4 heteroatoms. The van der Waals surface area contributed by atoms with Gasteiger partial charge < -0.3 is 10.2 Å². The van der Waals surface area contributed by atoms with Crippen molar-refractivity contribution in [1.82, 2.24) is 10.2 Å². The van der Waals surface area contributed by atoms with Gasteiger partial charge in [-0.2, -0.15) is 0 Å². The van der Waals surface area contributed by atoms with Gasteiger partial charge in [-0.25, -0.2) is 0 Å². The largest absolute Gasteiger partial charge is 0.362 e. The maximum atomic E-state index is 4.70. The van der Waals surface area contributed by atoms with Crippen LogP contribution in [0.5, 0.6) is 0 Å². The number of piperidine rings is 1. The Balaban J connectivity index is 1.75. The Hall–Kier alpha value is -0.220. The smallest absolute Gasteiger partial charge is 0.157 e. The first-order valence-electron chi connectivity index (χ1n) is 7.39. The summed E-state index contributed by atoms with van der Waals surface area (Å²) in [6.45, 7) is 8.05. The van der Waals surface area contributed by atoms with Crippen LogP contribution in [0, 0.1) is 5.92 Å². The van der Waals surface area contributed by atoms with Crippen LogP contribution in [0.2, 0.25) is 0 Å². The maximum absolute atomic E-state index is 4.70. The van der Waals surface area contributed by atoms with Gasteiger partial charge in [0, 0.05) is 11.3 Å². The average molecular weight is 269 g/mol. The van der Waals surface area contributed by atoms with Crippen molar-refractivity contribution in [3.05, 3.63) is 0 Å². The zero-order valence-corrected chi connectivity index (χ0v) is 12.8. The molecule has 2 heterocycles. The molecule has 1 atom stereocenters. The summed E-state index contributed by atoms with van der Waals surface area (Å²) in [4.78, 5) is 7.11. The van der Waals surface area contributed by atoms with Crippen LogP contribution in [0.3, 0.4) is 0 Å². The second-order valence-electron chi connectivity index (χ2n) is 5.60. The SMILES string of the molecule is CCC(CC)C1CN=C(NC2CCN(C)CC2)S1. The Morgan fingerprint density at radius 1 is 1.33 bits per heavy atom. The predicted molar refractivity (Wildman–Crippen MR) is 81.4 cm³/mol. The van der Waals surface area contributed by atoms with E-state index in [9.17, 15) is 0 Å². The summed E-state index contributed by atoms with van der Waals surface area (Å²) in [5.74, 6) is 0.829. The van der Waals surface area contributed by atoms with Crippen LogP contribution in [-0.4, -0.2) is 48.0 Å². The number of rotatable bonds is 4. The number of aliphatic imine (C=N–C) groups is 1. The number of amidine groups is 1. The maximum Gasteiger partial charge on any atom is 0.157 e. The van der Waals surface area contributed by atoms with Gasteiger partial charge >= 0.3 is 0 Å².